The van der Waals surface area contributed by atoms with Gasteiger partial charge in [0, 0.05) is 12.1 Å². The van der Waals surface area contributed by atoms with Gasteiger partial charge in [0.05, 0.1) is 13.2 Å². The first-order valence-corrected chi connectivity index (χ1v) is 8.02. The lowest BCUT2D eigenvalue weighted by atomic mass is 10.0. The highest BCUT2D eigenvalue weighted by Gasteiger charge is 2.19. The van der Waals surface area contributed by atoms with E-state index in [9.17, 15) is 0 Å². The van der Waals surface area contributed by atoms with E-state index in [1.807, 2.05) is 31.2 Å². The second-order valence-electron chi connectivity index (χ2n) is 5.95. The molecule has 0 N–H and O–H groups in total. The molecule has 1 aromatic heterocycles. The van der Waals surface area contributed by atoms with Gasteiger partial charge in [0.25, 0.3) is 0 Å². The Labute approximate surface area is 131 Å². The summed E-state index contributed by atoms with van der Waals surface area (Å²) in [6.45, 7) is 7.91. The predicted molar refractivity (Wildman–Crippen MR) is 84.6 cm³/mol. The summed E-state index contributed by atoms with van der Waals surface area (Å²) >= 11 is 0. The number of hydrogen-bond donors (Lipinski definition) is 0. The summed E-state index contributed by atoms with van der Waals surface area (Å²) in [6.07, 6.45) is 2.57. The monoisotopic (exact) mass is 301 g/mol. The van der Waals surface area contributed by atoms with E-state index in [1.54, 1.807) is 0 Å². The number of aromatic nitrogens is 2. The second kappa shape index (κ2) is 6.92. The molecule has 1 saturated heterocycles. The first-order valence-electron chi connectivity index (χ1n) is 8.02. The van der Waals surface area contributed by atoms with Gasteiger partial charge in [-0.2, -0.15) is 4.98 Å². The quantitative estimate of drug-likeness (QED) is 0.847. The fraction of sp³-hybridized carbons (Fsp3) is 0.529. The molecule has 1 fully saturated rings. The first kappa shape index (κ1) is 15.0. The van der Waals surface area contributed by atoms with Gasteiger partial charge in [-0.3, -0.25) is 4.90 Å². The van der Waals surface area contributed by atoms with Crippen molar-refractivity contribution in [3.05, 3.63) is 30.2 Å². The Morgan fingerprint density at radius 2 is 2.14 bits per heavy atom. The van der Waals surface area contributed by atoms with Crippen LogP contribution in [0.1, 0.15) is 32.6 Å². The molecule has 2 aromatic rings. The number of ether oxygens (including phenoxy) is 1. The maximum atomic E-state index is 5.44. The number of hydrogen-bond acceptors (Lipinski definition) is 5. The van der Waals surface area contributed by atoms with Crippen LogP contribution in [0.15, 0.2) is 28.8 Å². The minimum atomic E-state index is 0.642. The van der Waals surface area contributed by atoms with Crippen molar-refractivity contribution >= 4 is 0 Å². The van der Waals surface area contributed by atoms with Crippen LogP contribution in [-0.2, 0) is 6.54 Å². The van der Waals surface area contributed by atoms with Gasteiger partial charge in [0.1, 0.15) is 5.75 Å². The summed E-state index contributed by atoms with van der Waals surface area (Å²) in [5.41, 5.74) is 0.950. The Bertz CT molecular complexity index is 594. The summed E-state index contributed by atoms with van der Waals surface area (Å²) in [6, 6.07) is 7.79. The SMILES string of the molecule is CCOc1ccc(-c2noc(CN3CCCC(C)C3)n2)cc1. The highest BCUT2D eigenvalue weighted by Crippen LogP contribution is 2.21. The van der Waals surface area contributed by atoms with E-state index in [0.717, 1.165) is 36.9 Å². The van der Waals surface area contributed by atoms with Crippen LogP contribution >= 0.6 is 0 Å². The number of nitrogens with zero attached hydrogens (tertiary/aromatic N) is 3. The van der Waals surface area contributed by atoms with E-state index in [0.29, 0.717) is 18.3 Å². The number of likely N-dealkylation sites (tertiary alicyclic amines) is 1. The number of piperidine rings is 1. The third-order valence-corrected chi connectivity index (χ3v) is 3.99. The molecule has 0 aliphatic carbocycles. The van der Waals surface area contributed by atoms with Crippen molar-refractivity contribution in [3.8, 4) is 17.1 Å². The van der Waals surface area contributed by atoms with Crippen molar-refractivity contribution in [2.75, 3.05) is 19.7 Å². The normalized spacial score (nSPS) is 19.3. The van der Waals surface area contributed by atoms with Gasteiger partial charge in [-0.1, -0.05) is 12.1 Å². The third-order valence-electron chi connectivity index (χ3n) is 3.99. The fourth-order valence-electron chi connectivity index (χ4n) is 2.92. The zero-order valence-electron chi connectivity index (χ0n) is 13.3. The second-order valence-corrected chi connectivity index (χ2v) is 5.95. The topological polar surface area (TPSA) is 51.4 Å². The van der Waals surface area contributed by atoms with Crippen LogP contribution < -0.4 is 4.74 Å². The zero-order valence-corrected chi connectivity index (χ0v) is 13.3. The van der Waals surface area contributed by atoms with E-state index < -0.39 is 0 Å². The molecule has 1 aliphatic rings. The van der Waals surface area contributed by atoms with Crippen molar-refractivity contribution in [1.29, 1.82) is 0 Å². The van der Waals surface area contributed by atoms with Crippen molar-refractivity contribution < 1.29 is 9.26 Å². The molecule has 0 radical (unpaired) electrons. The first-order chi connectivity index (χ1) is 10.7. The Balaban J connectivity index is 1.65. The van der Waals surface area contributed by atoms with Gasteiger partial charge in [-0.15, -0.1) is 0 Å². The smallest absolute Gasteiger partial charge is 0.241 e. The summed E-state index contributed by atoms with van der Waals surface area (Å²) in [5, 5.41) is 4.09. The molecule has 1 aliphatic heterocycles. The van der Waals surface area contributed by atoms with Gasteiger partial charge < -0.3 is 9.26 Å². The van der Waals surface area contributed by atoms with Gasteiger partial charge in [-0.25, -0.2) is 0 Å². The summed E-state index contributed by atoms with van der Waals surface area (Å²) < 4.78 is 10.8. The van der Waals surface area contributed by atoms with E-state index in [1.165, 1.54) is 12.8 Å². The van der Waals surface area contributed by atoms with E-state index in [2.05, 4.69) is 22.0 Å². The van der Waals surface area contributed by atoms with Gasteiger partial charge in [0.2, 0.25) is 11.7 Å². The molecule has 2 heterocycles. The van der Waals surface area contributed by atoms with Crippen molar-refractivity contribution in [3.63, 3.8) is 0 Å². The van der Waals surface area contributed by atoms with Crippen LogP contribution in [0.4, 0.5) is 0 Å². The van der Waals surface area contributed by atoms with Gasteiger partial charge >= 0.3 is 0 Å². The maximum absolute atomic E-state index is 5.44. The number of benzene rings is 1. The molecule has 3 rings (SSSR count). The van der Waals surface area contributed by atoms with Crippen LogP contribution in [0, 0.1) is 5.92 Å². The largest absolute Gasteiger partial charge is 0.494 e. The molecule has 0 bridgehead atoms. The van der Waals surface area contributed by atoms with Gasteiger partial charge in [0.15, 0.2) is 0 Å². The summed E-state index contributed by atoms with van der Waals surface area (Å²) in [5.74, 6) is 2.95. The predicted octanol–water partition coefficient (Wildman–Crippen LogP) is 3.37. The lowest BCUT2D eigenvalue weighted by molar-refractivity contribution is 0.157. The molecule has 1 aromatic carbocycles. The van der Waals surface area contributed by atoms with Crippen LogP contribution in [-0.4, -0.2) is 34.7 Å². The minimum Gasteiger partial charge on any atom is -0.494 e. The molecule has 1 atom stereocenters. The average molecular weight is 301 g/mol. The Morgan fingerprint density at radius 1 is 1.32 bits per heavy atom. The lowest BCUT2D eigenvalue weighted by Gasteiger charge is -2.29. The summed E-state index contributed by atoms with van der Waals surface area (Å²) in [7, 11) is 0. The van der Waals surface area contributed by atoms with Crippen molar-refractivity contribution in [2.24, 2.45) is 5.92 Å². The standard InChI is InChI=1S/C17H23N3O2/c1-3-21-15-8-6-14(7-9-15)17-18-16(22-19-17)12-20-10-4-5-13(2)11-20/h6-9,13H,3-5,10-12H2,1-2H3. The molecular weight excluding hydrogens is 278 g/mol. The van der Waals surface area contributed by atoms with E-state index >= 15 is 0 Å². The molecule has 5 nitrogen and oxygen atoms in total. The highest BCUT2D eigenvalue weighted by atomic mass is 16.5. The van der Waals surface area contributed by atoms with Gasteiger partial charge in [-0.05, 0) is 56.5 Å². The van der Waals surface area contributed by atoms with Crippen molar-refractivity contribution in [1.82, 2.24) is 15.0 Å². The Morgan fingerprint density at radius 3 is 2.86 bits per heavy atom. The maximum Gasteiger partial charge on any atom is 0.241 e. The lowest BCUT2D eigenvalue weighted by Crippen LogP contribution is -2.33. The molecule has 1 unspecified atom stereocenters. The molecule has 0 spiro atoms. The molecule has 5 heteroatoms. The molecular formula is C17H23N3O2. The zero-order chi connectivity index (χ0) is 15.4. The fourth-order valence-corrected chi connectivity index (χ4v) is 2.92. The molecule has 0 amide bonds. The van der Waals surface area contributed by atoms with Crippen LogP contribution in [0.5, 0.6) is 5.75 Å². The molecule has 22 heavy (non-hydrogen) atoms. The highest BCUT2D eigenvalue weighted by molar-refractivity contribution is 5.55. The Kier molecular flexibility index (Phi) is 4.73. The summed E-state index contributed by atoms with van der Waals surface area (Å²) in [4.78, 5) is 6.91. The van der Waals surface area contributed by atoms with Crippen LogP contribution in [0.2, 0.25) is 0 Å². The average Bonchev–Trinajstić information content (AvgIpc) is 2.97. The molecule has 118 valence electrons. The minimum absolute atomic E-state index is 0.642. The number of rotatable bonds is 5. The van der Waals surface area contributed by atoms with E-state index in [4.69, 9.17) is 9.26 Å². The van der Waals surface area contributed by atoms with Crippen LogP contribution in [0.3, 0.4) is 0 Å². The Hall–Kier alpha value is -1.88. The molecule has 0 saturated carbocycles. The van der Waals surface area contributed by atoms with E-state index in [-0.39, 0.29) is 0 Å². The third kappa shape index (κ3) is 3.65. The van der Waals surface area contributed by atoms with Crippen LogP contribution in [0.25, 0.3) is 11.4 Å². The van der Waals surface area contributed by atoms with Crippen molar-refractivity contribution in [2.45, 2.75) is 33.2 Å².